The van der Waals surface area contributed by atoms with Gasteiger partial charge < -0.3 is 9.80 Å². The maximum Gasteiger partial charge on any atom is 0.419 e. The summed E-state index contributed by atoms with van der Waals surface area (Å²) in [7, 11) is 4.25. The van der Waals surface area contributed by atoms with Crippen molar-refractivity contribution in [3.8, 4) is 0 Å². The van der Waals surface area contributed by atoms with Gasteiger partial charge in [-0.2, -0.15) is 13.2 Å². The number of amides is 2. The van der Waals surface area contributed by atoms with Crippen LogP contribution in [0.15, 0.2) is 18.2 Å². The second-order valence-corrected chi connectivity index (χ2v) is 4.64. The van der Waals surface area contributed by atoms with Crippen molar-refractivity contribution in [1.29, 1.82) is 0 Å². The number of nitrogens with zero attached hydrogens (tertiary/aromatic N) is 2. The van der Waals surface area contributed by atoms with Gasteiger partial charge in [-0.1, -0.05) is 0 Å². The van der Waals surface area contributed by atoms with Gasteiger partial charge in [-0.25, -0.2) is 4.39 Å². The lowest BCUT2D eigenvalue weighted by atomic mass is 10.1. The molecule has 0 unspecified atom stereocenters. The van der Waals surface area contributed by atoms with Crippen LogP contribution in [0.25, 0.3) is 0 Å². The number of carbonyl (C=O) groups is 2. The van der Waals surface area contributed by atoms with Crippen LogP contribution in [0.4, 0.5) is 17.6 Å². The molecule has 0 bridgehead atoms. The zero-order valence-electron chi connectivity index (χ0n) is 11.7. The Hall–Kier alpha value is -2.12. The third kappa shape index (κ3) is 4.17. The molecule has 1 rings (SSSR count). The molecule has 0 N–H and O–H groups in total. The standard InChI is InChI=1S/C13H14F4N2O2/c1-18(2)11(20)7-19(3)12(21)8-4-5-10(14)9(6-8)13(15,16)17/h4-6H,7H2,1-3H3. The van der Waals surface area contributed by atoms with Gasteiger partial charge in [0.05, 0.1) is 12.1 Å². The normalized spacial score (nSPS) is 11.2. The van der Waals surface area contributed by atoms with E-state index in [9.17, 15) is 27.2 Å². The lowest BCUT2D eigenvalue weighted by molar-refractivity contribution is -0.140. The summed E-state index contributed by atoms with van der Waals surface area (Å²) in [5, 5.41) is 0. The predicted molar refractivity (Wildman–Crippen MR) is 67.1 cm³/mol. The maximum atomic E-state index is 13.1. The molecule has 0 saturated carbocycles. The second kappa shape index (κ2) is 6.11. The fourth-order valence-electron chi connectivity index (χ4n) is 1.51. The summed E-state index contributed by atoms with van der Waals surface area (Å²) < 4.78 is 50.9. The van der Waals surface area contributed by atoms with Crippen molar-refractivity contribution in [3.05, 3.63) is 35.1 Å². The number of hydrogen-bond acceptors (Lipinski definition) is 2. The van der Waals surface area contributed by atoms with E-state index in [-0.39, 0.29) is 18.0 Å². The molecular weight excluding hydrogens is 292 g/mol. The molecule has 0 radical (unpaired) electrons. The van der Waals surface area contributed by atoms with Gasteiger partial charge in [-0.3, -0.25) is 9.59 Å². The molecule has 0 aliphatic carbocycles. The minimum atomic E-state index is -4.89. The Kier molecular flexibility index (Phi) is 4.93. The van der Waals surface area contributed by atoms with E-state index in [1.165, 1.54) is 26.0 Å². The third-order valence-corrected chi connectivity index (χ3v) is 2.74. The van der Waals surface area contributed by atoms with Crippen LogP contribution in [0.5, 0.6) is 0 Å². The van der Waals surface area contributed by atoms with Crippen molar-refractivity contribution < 1.29 is 27.2 Å². The van der Waals surface area contributed by atoms with Crippen molar-refractivity contribution in [2.75, 3.05) is 27.7 Å². The summed E-state index contributed by atoms with van der Waals surface area (Å²) in [4.78, 5) is 25.6. The van der Waals surface area contributed by atoms with Gasteiger partial charge in [0, 0.05) is 26.7 Å². The van der Waals surface area contributed by atoms with Crippen molar-refractivity contribution in [1.82, 2.24) is 9.80 Å². The van der Waals surface area contributed by atoms with Crippen LogP contribution in [0.1, 0.15) is 15.9 Å². The molecule has 0 heterocycles. The van der Waals surface area contributed by atoms with Crippen molar-refractivity contribution in [2.45, 2.75) is 6.18 Å². The first kappa shape index (κ1) is 16.9. The Balaban J connectivity index is 3.01. The van der Waals surface area contributed by atoms with Gasteiger partial charge in [-0.05, 0) is 18.2 Å². The highest BCUT2D eigenvalue weighted by Crippen LogP contribution is 2.32. The second-order valence-electron chi connectivity index (χ2n) is 4.64. The third-order valence-electron chi connectivity index (χ3n) is 2.74. The molecule has 1 aromatic rings. The average Bonchev–Trinajstić information content (AvgIpc) is 2.36. The molecule has 2 amide bonds. The first-order valence-corrected chi connectivity index (χ1v) is 5.86. The van der Waals surface area contributed by atoms with Crippen molar-refractivity contribution in [2.24, 2.45) is 0 Å². The molecule has 116 valence electrons. The smallest absolute Gasteiger partial charge is 0.347 e. The monoisotopic (exact) mass is 306 g/mol. The summed E-state index contributed by atoms with van der Waals surface area (Å²) in [5.41, 5.74) is -1.85. The minimum Gasteiger partial charge on any atom is -0.347 e. The van der Waals surface area contributed by atoms with E-state index in [0.29, 0.717) is 12.1 Å². The Morgan fingerprint density at radius 3 is 2.19 bits per heavy atom. The fraction of sp³-hybridized carbons (Fsp3) is 0.385. The largest absolute Gasteiger partial charge is 0.419 e. The number of hydrogen-bond donors (Lipinski definition) is 0. The molecule has 0 atom stereocenters. The van der Waals surface area contributed by atoms with E-state index >= 15 is 0 Å². The molecule has 21 heavy (non-hydrogen) atoms. The molecule has 0 aliphatic rings. The molecule has 4 nitrogen and oxygen atoms in total. The Morgan fingerprint density at radius 1 is 1.14 bits per heavy atom. The number of alkyl halides is 3. The lowest BCUT2D eigenvalue weighted by Gasteiger charge is -2.20. The Morgan fingerprint density at radius 2 is 1.71 bits per heavy atom. The zero-order valence-corrected chi connectivity index (χ0v) is 11.7. The average molecular weight is 306 g/mol. The van der Waals surface area contributed by atoms with Crippen LogP contribution < -0.4 is 0 Å². The number of carbonyl (C=O) groups excluding carboxylic acids is 2. The maximum absolute atomic E-state index is 13.1. The number of likely N-dealkylation sites (N-methyl/N-ethyl adjacent to an activating group) is 2. The topological polar surface area (TPSA) is 40.6 Å². The highest BCUT2D eigenvalue weighted by atomic mass is 19.4. The van der Waals surface area contributed by atoms with Gasteiger partial charge >= 0.3 is 6.18 Å². The molecular formula is C13H14F4N2O2. The molecule has 0 spiro atoms. The molecule has 0 saturated heterocycles. The highest BCUT2D eigenvalue weighted by molar-refractivity contribution is 5.96. The SMILES string of the molecule is CN(C)C(=O)CN(C)C(=O)c1ccc(F)c(C(F)(F)F)c1. The molecule has 0 fully saturated rings. The van der Waals surface area contributed by atoms with E-state index < -0.39 is 23.5 Å². The van der Waals surface area contributed by atoms with E-state index in [0.717, 1.165) is 11.0 Å². The van der Waals surface area contributed by atoms with E-state index in [1.807, 2.05) is 0 Å². The summed E-state index contributed by atoms with van der Waals surface area (Å²) in [6.07, 6.45) is -4.89. The molecule has 8 heteroatoms. The number of halogens is 4. The predicted octanol–water partition coefficient (Wildman–Crippen LogP) is 2.00. The number of benzene rings is 1. The van der Waals surface area contributed by atoms with Crippen LogP contribution in [-0.4, -0.2) is 49.3 Å². The first-order chi connectivity index (χ1) is 9.54. The lowest BCUT2D eigenvalue weighted by Crippen LogP contribution is -2.37. The summed E-state index contributed by atoms with van der Waals surface area (Å²) in [6.45, 7) is -0.287. The summed E-state index contributed by atoms with van der Waals surface area (Å²) in [5.74, 6) is -2.63. The fourth-order valence-corrected chi connectivity index (χ4v) is 1.51. The Bertz CT molecular complexity index is 556. The summed E-state index contributed by atoms with van der Waals surface area (Å²) >= 11 is 0. The minimum absolute atomic E-state index is 0.287. The number of rotatable bonds is 3. The molecule has 1 aromatic carbocycles. The van der Waals surface area contributed by atoms with E-state index in [4.69, 9.17) is 0 Å². The van der Waals surface area contributed by atoms with Gasteiger partial charge in [0.2, 0.25) is 5.91 Å². The van der Waals surface area contributed by atoms with Gasteiger partial charge in [-0.15, -0.1) is 0 Å². The van der Waals surface area contributed by atoms with Crippen LogP contribution >= 0.6 is 0 Å². The molecule has 0 aliphatic heterocycles. The van der Waals surface area contributed by atoms with E-state index in [2.05, 4.69) is 0 Å². The van der Waals surface area contributed by atoms with Crippen LogP contribution in [0, 0.1) is 5.82 Å². The van der Waals surface area contributed by atoms with Crippen molar-refractivity contribution >= 4 is 11.8 Å². The first-order valence-electron chi connectivity index (χ1n) is 5.86. The van der Waals surface area contributed by atoms with Crippen LogP contribution in [-0.2, 0) is 11.0 Å². The van der Waals surface area contributed by atoms with Crippen molar-refractivity contribution in [3.63, 3.8) is 0 Å². The quantitative estimate of drug-likeness (QED) is 0.802. The van der Waals surface area contributed by atoms with E-state index in [1.54, 1.807) is 0 Å². The van der Waals surface area contributed by atoms with Gasteiger partial charge in [0.25, 0.3) is 5.91 Å². The summed E-state index contributed by atoms with van der Waals surface area (Å²) in [6, 6.07) is 1.97. The van der Waals surface area contributed by atoms with Crippen LogP contribution in [0.2, 0.25) is 0 Å². The molecule has 0 aromatic heterocycles. The van der Waals surface area contributed by atoms with Gasteiger partial charge in [0.15, 0.2) is 0 Å². The Labute approximate surface area is 118 Å². The van der Waals surface area contributed by atoms with Gasteiger partial charge in [0.1, 0.15) is 5.82 Å². The zero-order chi connectivity index (χ0) is 16.4. The van der Waals surface area contributed by atoms with Crippen LogP contribution in [0.3, 0.4) is 0 Å². The highest BCUT2D eigenvalue weighted by Gasteiger charge is 2.35.